The van der Waals surface area contributed by atoms with Gasteiger partial charge < -0.3 is 79.9 Å². The van der Waals surface area contributed by atoms with Crippen LogP contribution in [-0.2, 0) is 23.7 Å². The third-order valence-corrected chi connectivity index (χ3v) is 6.17. The van der Waals surface area contributed by atoms with Gasteiger partial charge in [-0.3, -0.25) is 0 Å². The summed E-state index contributed by atoms with van der Waals surface area (Å²) in [5.41, 5.74) is 0. The number of hydrogen-bond acceptors (Lipinski definition) is 16. The molecule has 0 amide bonds. The summed E-state index contributed by atoms with van der Waals surface area (Å²) in [4.78, 5) is 0. The highest BCUT2D eigenvalue weighted by Gasteiger charge is 2.61. The molecule has 34 heavy (non-hydrogen) atoms. The summed E-state index contributed by atoms with van der Waals surface area (Å²) < 4.78 is 27.0. The monoisotopic (exact) mass is 504 g/mol. The van der Waals surface area contributed by atoms with E-state index in [0.29, 0.717) is 0 Å². The Kier molecular flexibility index (Phi) is 9.18. The summed E-state index contributed by atoms with van der Waals surface area (Å²) in [6.07, 6.45) is -22.3. The van der Waals surface area contributed by atoms with Crippen LogP contribution in [0.15, 0.2) is 0 Å². The molecule has 3 aliphatic rings. The van der Waals surface area contributed by atoms with E-state index in [4.69, 9.17) is 23.7 Å². The van der Waals surface area contributed by atoms with Gasteiger partial charge >= 0.3 is 0 Å². The molecule has 0 bridgehead atoms. The van der Waals surface area contributed by atoms with Crippen LogP contribution in [0, 0.1) is 0 Å². The van der Waals surface area contributed by atoms with E-state index in [-0.39, 0.29) is 0 Å². The first-order valence-corrected chi connectivity index (χ1v) is 10.6. The lowest BCUT2D eigenvalue weighted by atomic mass is 9.98. The summed E-state index contributed by atoms with van der Waals surface area (Å²) in [6.45, 7) is -3.49. The van der Waals surface area contributed by atoms with Crippen LogP contribution < -0.4 is 0 Å². The highest BCUT2D eigenvalue weighted by atomic mass is 16.8. The van der Waals surface area contributed by atoms with E-state index in [1.165, 1.54) is 0 Å². The standard InChI is InChI=1S/C18H32O16/c19-1-5-8(23)11(26)13(28)16(30-5)32-15-10(25)7(3-21)33-18(15,4-22)34-17-14(29)12(27)9(24)6(2-20)31-17/h5-17,19-29H,1-4H2/t5?,6?,7-,8?,9?,10+,11?,12?,13?,14?,15-,16?,17?,18+/m1/s1. The molecule has 16 nitrogen and oxygen atoms in total. The van der Waals surface area contributed by atoms with Gasteiger partial charge in [-0.05, 0) is 0 Å². The van der Waals surface area contributed by atoms with E-state index < -0.39 is 112 Å². The average Bonchev–Trinajstić information content (AvgIpc) is 3.10. The Morgan fingerprint density at radius 2 is 1.03 bits per heavy atom. The van der Waals surface area contributed by atoms with Gasteiger partial charge in [-0.2, -0.15) is 0 Å². The minimum Gasteiger partial charge on any atom is -0.394 e. The predicted octanol–water partition coefficient (Wildman–Crippen LogP) is -7.57. The molecule has 10 unspecified atom stereocenters. The van der Waals surface area contributed by atoms with Crippen molar-refractivity contribution >= 4 is 0 Å². The number of ether oxygens (including phenoxy) is 5. The normalized spacial score (nSPS) is 52.1. The summed E-state index contributed by atoms with van der Waals surface area (Å²) in [5, 5.41) is 109. The SMILES string of the molecule is OCC1OC(O[C@@H]2[C@@H](O)[C@@H](CO)O[C@@]2(CO)OC2OC(CO)C(O)C(O)C2O)C(O)C(O)C1O. The van der Waals surface area contributed by atoms with Crippen LogP contribution in [0.25, 0.3) is 0 Å². The average molecular weight is 504 g/mol. The van der Waals surface area contributed by atoms with Crippen LogP contribution in [0.2, 0.25) is 0 Å². The second-order valence-electron chi connectivity index (χ2n) is 8.37. The van der Waals surface area contributed by atoms with Gasteiger partial charge in [-0.15, -0.1) is 0 Å². The predicted molar refractivity (Wildman–Crippen MR) is 101 cm³/mol. The van der Waals surface area contributed by atoms with Crippen LogP contribution >= 0.6 is 0 Å². The van der Waals surface area contributed by atoms with Gasteiger partial charge in [0, 0.05) is 0 Å². The van der Waals surface area contributed by atoms with Crippen molar-refractivity contribution in [2.45, 2.75) is 85.5 Å². The van der Waals surface area contributed by atoms with E-state index in [1.54, 1.807) is 0 Å². The topological polar surface area (TPSA) is 269 Å². The summed E-state index contributed by atoms with van der Waals surface area (Å²) in [7, 11) is 0. The van der Waals surface area contributed by atoms with Crippen LogP contribution in [-0.4, -0.2) is 168 Å². The van der Waals surface area contributed by atoms with E-state index in [9.17, 15) is 56.2 Å². The largest absolute Gasteiger partial charge is 0.394 e. The maximum atomic E-state index is 10.6. The van der Waals surface area contributed by atoms with Crippen molar-refractivity contribution in [3.05, 3.63) is 0 Å². The smallest absolute Gasteiger partial charge is 0.224 e. The molecule has 11 N–H and O–H groups in total. The quantitative estimate of drug-likeness (QED) is 0.146. The van der Waals surface area contributed by atoms with Gasteiger partial charge in [0.05, 0.1) is 19.8 Å². The minimum absolute atomic E-state index is 0.777. The maximum Gasteiger partial charge on any atom is 0.224 e. The van der Waals surface area contributed by atoms with Gasteiger partial charge in [0.15, 0.2) is 12.6 Å². The third-order valence-electron chi connectivity index (χ3n) is 6.17. The number of hydrogen-bond donors (Lipinski definition) is 11. The molecule has 0 radical (unpaired) electrons. The lowest BCUT2D eigenvalue weighted by molar-refractivity contribution is -0.400. The van der Waals surface area contributed by atoms with E-state index in [2.05, 4.69) is 0 Å². The fourth-order valence-corrected chi connectivity index (χ4v) is 4.12. The lowest BCUT2D eigenvalue weighted by Gasteiger charge is -2.45. The second kappa shape index (κ2) is 11.2. The molecule has 0 aromatic carbocycles. The molecule has 200 valence electrons. The molecule has 16 heteroatoms. The van der Waals surface area contributed by atoms with Crippen LogP contribution in [0.5, 0.6) is 0 Å². The Balaban J connectivity index is 1.87. The first kappa shape index (κ1) is 27.9. The van der Waals surface area contributed by atoms with Crippen LogP contribution in [0.3, 0.4) is 0 Å². The Morgan fingerprint density at radius 1 is 0.559 bits per heavy atom. The molecule has 0 aromatic rings. The van der Waals surface area contributed by atoms with Crippen LogP contribution in [0.1, 0.15) is 0 Å². The van der Waals surface area contributed by atoms with E-state index in [1.807, 2.05) is 0 Å². The van der Waals surface area contributed by atoms with Crippen molar-refractivity contribution in [3.63, 3.8) is 0 Å². The van der Waals surface area contributed by atoms with E-state index >= 15 is 0 Å². The highest BCUT2D eigenvalue weighted by molar-refractivity contribution is 5.01. The zero-order valence-electron chi connectivity index (χ0n) is 17.8. The highest BCUT2D eigenvalue weighted by Crippen LogP contribution is 2.39. The molecule has 3 aliphatic heterocycles. The molecule has 0 saturated carbocycles. The molecule has 0 spiro atoms. The molecule has 0 aliphatic carbocycles. The zero-order chi connectivity index (χ0) is 25.4. The molecule has 14 atom stereocenters. The fraction of sp³-hybridized carbons (Fsp3) is 1.00. The number of aliphatic hydroxyl groups excluding tert-OH is 11. The van der Waals surface area contributed by atoms with Crippen molar-refractivity contribution in [1.82, 2.24) is 0 Å². The minimum atomic E-state index is -2.43. The van der Waals surface area contributed by atoms with Crippen molar-refractivity contribution in [3.8, 4) is 0 Å². The Morgan fingerprint density at radius 3 is 1.50 bits per heavy atom. The summed E-state index contributed by atoms with van der Waals surface area (Å²) in [5.74, 6) is -2.43. The molecule has 3 rings (SSSR count). The zero-order valence-corrected chi connectivity index (χ0v) is 17.8. The fourth-order valence-electron chi connectivity index (χ4n) is 4.12. The molecular formula is C18H32O16. The van der Waals surface area contributed by atoms with Gasteiger partial charge in [0.2, 0.25) is 5.79 Å². The van der Waals surface area contributed by atoms with Crippen molar-refractivity contribution in [2.75, 3.05) is 26.4 Å². The van der Waals surface area contributed by atoms with Crippen molar-refractivity contribution < 1.29 is 79.9 Å². The van der Waals surface area contributed by atoms with Gasteiger partial charge in [-0.1, -0.05) is 0 Å². The number of aliphatic hydroxyl groups is 11. The first-order valence-electron chi connectivity index (χ1n) is 10.6. The van der Waals surface area contributed by atoms with Gasteiger partial charge in [0.1, 0.15) is 73.8 Å². The molecule has 0 aromatic heterocycles. The molecular weight excluding hydrogens is 472 g/mol. The molecule has 3 heterocycles. The lowest BCUT2D eigenvalue weighted by Crippen LogP contribution is -2.64. The number of rotatable bonds is 8. The van der Waals surface area contributed by atoms with Gasteiger partial charge in [-0.25, -0.2) is 0 Å². The Hall–Kier alpha value is -0.640. The van der Waals surface area contributed by atoms with Crippen LogP contribution in [0.4, 0.5) is 0 Å². The van der Waals surface area contributed by atoms with E-state index in [0.717, 1.165) is 0 Å². The first-order chi connectivity index (χ1) is 16.0. The third kappa shape index (κ3) is 4.96. The summed E-state index contributed by atoms with van der Waals surface area (Å²) in [6, 6.07) is 0. The summed E-state index contributed by atoms with van der Waals surface area (Å²) >= 11 is 0. The Labute approximate surface area is 192 Å². The van der Waals surface area contributed by atoms with Crippen molar-refractivity contribution in [1.29, 1.82) is 0 Å². The second-order valence-corrected chi connectivity index (χ2v) is 8.37. The molecule has 3 fully saturated rings. The maximum absolute atomic E-state index is 10.6. The molecule has 3 saturated heterocycles. The van der Waals surface area contributed by atoms with Crippen molar-refractivity contribution in [2.24, 2.45) is 0 Å². The Bertz CT molecular complexity index is 651. The van der Waals surface area contributed by atoms with Gasteiger partial charge in [0.25, 0.3) is 0 Å².